The fourth-order valence-corrected chi connectivity index (χ4v) is 0.686. The van der Waals surface area contributed by atoms with Crippen LogP contribution in [0.3, 0.4) is 0 Å². The van der Waals surface area contributed by atoms with Gasteiger partial charge in [0.25, 0.3) is 0 Å². The predicted octanol–water partition coefficient (Wildman–Crippen LogP) is -2.37. The number of rotatable bonds is 1. The van der Waals surface area contributed by atoms with Gasteiger partial charge in [-0.1, -0.05) is 13.8 Å². The van der Waals surface area contributed by atoms with Gasteiger partial charge in [-0.05, 0) is 5.92 Å². The molecule has 0 atom stereocenters. The molecule has 10 heavy (non-hydrogen) atoms. The van der Waals surface area contributed by atoms with Crippen molar-refractivity contribution in [1.29, 1.82) is 0 Å². The van der Waals surface area contributed by atoms with Gasteiger partial charge >= 0.3 is 58.2 Å². The Morgan fingerprint density at radius 1 is 1.50 bits per heavy atom. The normalized spacial score (nSPS) is 9.50. The van der Waals surface area contributed by atoms with Crippen molar-refractivity contribution in [1.82, 2.24) is 10.2 Å². The van der Waals surface area contributed by atoms with Crippen LogP contribution in [0.5, 0.6) is 0 Å². The van der Waals surface area contributed by atoms with Crippen molar-refractivity contribution in [3.8, 4) is 0 Å². The summed E-state index contributed by atoms with van der Waals surface area (Å²) < 4.78 is 0. The minimum atomic E-state index is -0.0648. The quantitative estimate of drug-likeness (QED) is 0.501. The number of nitrogens with one attached hydrogen (secondary N) is 2. The number of hydrogen-bond acceptors (Lipinski definition) is 1. The van der Waals surface area contributed by atoms with E-state index in [0.29, 0.717) is 5.56 Å². The summed E-state index contributed by atoms with van der Waals surface area (Å²) in [5.41, 5.74) is 0.625. The Labute approximate surface area is 108 Å². The first-order valence-electron chi connectivity index (χ1n) is 2.90. The molecule has 1 aromatic rings. The largest absolute Gasteiger partial charge is 1.00 e. The second-order valence-corrected chi connectivity index (χ2v) is 2.27. The molecule has 0 unspecified atom stereocenters. The Morgan fingerprint density at radius 2 is 2.10 bits per heavy atom. The monoisotopic (exact) mass is 210 g/mol. The number of aromatic nitrogens is 2. The summed E-state index contributed by atoms with van der Waals surface area (Å²) >= 11 is 0. The van der Waals surface area contributed by atoms with E-state index in [1.165, 1.54) is 0 Å². The van der Waals surface area contributed by atoms with E-state index in [4.69, 9.17) is 0 Å². The molecular formula is C6H9N2ORb. The van der Waals surface area contributed by atoms with Gasteiger partial charge < -0.3 is 15.0 Å². The number of aromatic amines is 2. The zero-order valence-corrected chi connectivity index (χ0v) is 11.4. The van der Waals surface area contributed by atoms with Gasteiger partial charge in [0, 0.05) is 0 Å². The Kier molecular flexibility index (Phi) is 5.02. The topological polar surface area (TPSA) is 48.6 Å². The van der Waals surface area contributed by atoms with Crippen LogP contribution < -0.4 is 63.7 Å². The third-order valence-electron chi connectivity index (χ3n) is 1.20. The number of H-pyrrole nitrogens is 2. The molecule has 0 fully saturated rings. The van der Waals surface area contributed by atoms with Crippen molar-refractivity contribution in [2.24, 2.45) is 0 Å². The van der Waals surface area contributed by atoms with Gasteiger partial charge in [-0.3, -0.25) is 0 Å². The van der Waals surface area contributed by atoms with Gasteiger partial charge in [-0.25, -0.2) is 0 Å². The molecule has 0 bridgehead atoms. The first-order chi connectivity index (χ1) is 4.22. The second-order valence-electron chi connectivity index (χ2n) is 2.27. The zero-order valence-electron chi connectivity index (χ0n) is 6.49. The molecular weight excluding hydrogens is 202 g/mol. The summed E-state index contributed by atoms with van der Waals surface area (Å²) in [5.74, 6) is 0.250. The van der Waals surface area contributed by atoms with Crippen molar-refractivity contribution >= 4 is 0 Å². The maximum atomic E-state index is 10.7. The third-order valence-corrected chi connectivity index (χ3v) is 1.20. The molecule has 3 nitrogen and oxygen atoms in total. The Bertz CT molecular complexity index is 238. The van der Waals surface area contributed by atoms with Crippen molar-refractivity contribution < 1.29 is 58.2 Å². The van der Waals surface area contributed by atoms with E-state index >= 15 is 0 Å². The maximum Gasteiger partial charge on any atom is 1.00 e. The van der Waals surface area contributed by atoms with Crippen LogP contribution in [0.25, 0.3) is 0 Å². The van der Waals surface area contributed by atoms with E-state index in [1.54, 1.807) is 0 Å². The van der Waals surface area contributed by atoms with E-state index in [0.717, 1.165) is 0 Å². The third kappa shape index (κ3) is 2.45. The Hall–Kier alpha value is 0.815. The molecule has 1 rings (SSSR count). The molecule has 0 amide bonds. The molecule has 2 N–H and O–H groups in total. The van der Waals surface area contributed by atoms with Gasteiger partial charge in [0.15, 0.2) is 0 Å². The van der Waals surface area contributed by atoms with E-state index in [1.807, 2.05) is 13.8 Å². The molecule has 1 heterocycles. The summed E-state index contributed by atoms with van der Waals surface area (Å²) in [4.78, 5) is 10.7. The van der Waals surface area contributed by atoms with Crippen molar-refractivity contribution in [2.45, 2.75) is 19.8 Å². The molecule has 0 aliphatic rings. The van der Waals surface area contributed by atoms with Crippen LogP contribution in [0.2, 0.25) is 0 Å². The maximum absolute atomic E-state index is 10.7. The van der Waals surface area contributed by atoms with E-state index in [2.05, 4.69) is 16.4 Å². The average Bonchev–Trinajstić information content (AvgIpc) is 2.13. The van der Waals surface area contributed by atoms with Crippen molar-refractivity contribution in [3.63, 3.8) is 0 Å². The second kappa shape index (κ2) is 4.64. The molecule has 4 heteroatoms. The molecule has 0 aliphatic carbocycles. The SMILES string of the molecule is CC(C)c1[c-][nH][nH]c1=O.[Rb+]. The van der Waals surface area contributed by atoms with Gasteiger partial charge in [-0.15, -0.1) is 11.8 Å². The molecule has 0 saturated heterocycles. The fourth-order valence-electron chi connectivity index (χ4n) is 0.686. The first kappa shape index (κ1) is 10.8. The van der Waals surface area contributed by atoms with Crippen molar-refractivity contribution in [3.05, 3.63) is 22.1 Å². The van der Waals surface area contributed by atoms with E-state index in [9.17, 15) is 4.79 Å². The summed E-state index contributed by atoms with van der Waals surface area (Å²) in [6.45, 7) is 3.91. The molecule has 0 saturated carbocycles. The summed E-state index contributed by atoms with van der Waals surface area (Å²) in [7, 11) is 0. The molecule has 0 spiro atoms. The minimum Gasteiger partial charge on any atom is -0.408 e. The van der Waals surface area contributed by atoms with E-state index < -0.39 is 0 Å². The Morgan fingerprint density at radius 3 is 2.30 bits per heavy atom. The smallest absolute Gasteiger partial charge is 0.408 e. The molecule has 0 aromatic carbocycles. The average molecular weight is 211 g/mol. The molecule has 50 valence electrons. The van der Waals surface area contributed by atoms with Gasteiger partial charge in [0.2, 0.25) is 0 Å². The zero-order chi connectivity index (χ0) is 6.85. The molecule has 0 aliphatic heterocycles. The summed E-state index contributed by atoms with van der Waals surface area (Å²) in [6.07, 6.45) is 2.71. The fraction of sp³-hybridized carbons (Fsp3) is 0.500. The van der Waals surface area contributed by atoms with Crippen LogP contribution in [0.15, 0.2) is 4.79 Å². The van der Waals surface area contributed by atoms with Crippen LogP contribution in [-0.4, -0.2) is 10.2 Å². The van der Waals surface area contributed by atoms with E-state index in [-0.39, 0.29) is 69.7 Å². The van der Waals surface area contributed by atoms with Crippen LogP contribution in [-0.2, 0) is 0 Å². The van der Waals surface area contributed by atoms with Crippen molar-refractivity contribution in [2.75, 3.05) is 0 Å². The van der Waals surface area contributed by atoms with Crippen LogP contribution in [0, 0.1) is 6.20 Å². The van der Waals surface area contributed by atoms with Crippen LogP contribution in [0.4, 0.5) is 0 Å². The summed E-state index contributed by atoms with van der Waals surface area (Å²) in [6, 6.07) is 0. The number of hydrogen-bond donors (Lipinski definition) is 2. The minimum absolute atomic E-state index is 0. The van der Waals surface area contributed by atoms with Crippen LogP contribution >= 0.6 is 0 Å². The van der Waals surface area contributed by atoms with Crippen LogP contribution in [0.1, 0.15) is 25.3 Å². The van der Waals surface area contributed by atoms with Gasteiger partial charge in [-0.2, -0.15) is 0 Å². The molecule has 0 radical (unpaired) electrons. The Balaban J connectivity index is 0.000000810. The first-order valence-corrected chi connectivity index (χ1v) is 2.90. The standard InChI is InChI=1S/C6H9N2O.Rb/c1-4(2)5-3-7-8-6(5)9;/h4H,1-2H3,(H2,7,8,9);/q-1;+1. The molecule has 1 aromatic heterocycles. The van der Waals surface area contributed by atoms with Gasteiger partial charge in [0.1, 0.15) is 5.56 Å². The van der Waals surface area contributed by atoms with Gasteiger partial charge in [0.05, 0.1) is 0 Å². The summed E-state index contributed by atoms with van der Waals surface area (Å²) in [5, 5.41) is 4.93. The predicted molar refractivity (Wildman–Crippen MR) is 34.3 cm³/mol.